The first-order chi connectivity index (χ1) is 7.74. The fraction of sp³-hybridized carbons (Fsp3) is 0.750. The van der Waals surface area contributed by atoms with E-state index in [0.29, 0.717) is 0 Å². The van der Waals surface area contributed by atoms with Gasteiger partial charge in [-0.05, 0) is 20.8 Å². The standard InChI is InChI=1S/C12H19NO4/c1-5-8(14)10(7-6-9(15)13-7)11(16)17-12(2,3)4/h7,10H,5-6H2,1-4H3,(H,13,15)/t7-,10?/m1/s1. The fourth-order valence-corrected chi connectivity index (χ4v) is 1.69. The molecule has 1 fully saturated rings. The number of amides is 1. The van der Waals surface area contributed by atoms with Gasteiger partial charge in [-0.1, -0.05) is 6.92 Å². The van der Waals surface area contributed by atoms with Crippen LogP contribution < -0.4 is 5.32 Å². The molecule has 1 amide bonds. The molecular weight excluding hydrogens is 222 g/mol. The smallest absolute Gasteiger partial charge is 0.319 e. The number of rotatable bonds is 4. The molecule has 1 aliphatic heterocycles. The zero-order chi connectivity index (χ0) is 13.2. The lowest BCUT2D eigenvalue weighted by Gasteiger charge is -2.33. The van der Waals surface area contributed by atoms with E-state index < -0.39 is 23.5 Å². The van der Waals surface area contributed by atoms with Crippen molar-refractivity contribution in [2.75, 3.05) is 0 Å². The second-order valence-corrected chi connectivity index (χ2v) is 5.21. The molecule has 1 unspecified atom stereocenters. The summed E-state index contributed by atoms with van der Waals surface area (Å²) >= 11 is 0. The minimum absolute atomic E-state index is 0.132. The molecule has 0 radical (unpaired) electrons. The lowest BCUT2D eigenvalue weighted by atomic mass is 9.86. The Kier molecular flexibility index (Phi) is 3.91. The third-order valence-electron chi connectivity index (χ3n) is 2.51. The average molecular weight is 241 g/mol. The lowest BCUT2D eigenvalue weighted by Crippen LogP contribution is -2.57. The van der Waals surface area contributed by atoms with Gasteiger partial charge in [-0.15, -0.1) is 0 Å². The average Bonchev–Trinajstić information content (AvgIpc) is 2.12. The maximum absolute atomic E-state index is 11.9. The summed E-state index contributed by atoms with van der Waals surface area (Å²) in [6, 6.07) is -0.398. The first-order valence-electron chi connectivity index (χ1n) is 5.79. The largest absolute Gasteiger partial charge is 0.459 e. The summed E-state index contributed by atoms with van der Waals surface area (Å²) < 4.78 is 5.20. The number of esters is 1. The van der Waals surface area contributed by atoms with Crippen molar-refractivity contribution in [3.05, 3.63) is 0 Å². The number of β-lactam (4-membered cyclic amide) rings is 1. The van der Waals surface area contributed by atoms with E-state index in [1.165, 1.54) is 0 Å². The van der Waals surface area contributed by atoms with Gasteiger partial charge in [0.25, 0.3) is 0 Å². The molecule has 5 heteroatoms. The van der Waals surface area contributed by atoms with Crippen molar-refractivity contribution in [2.45, 2.75) is 52.2 Å². The summed E-state index contributed by atoms with van der Waals surface area (Å²) in [5.41, 5.74) is -0.628. The summed E-state index contributed by atoms with van der Waals surface area (Å²) in [7, 11) is 0. The van der Waals surface area contributed by atoms with E-state index in [1.54, 1.807) is 27.7 Å². The highest BCUT2D eigenvalue weighted by Gasteiger charge is 2.42. The lowest BCUT2D eigenvalue weighted by molar-refractivity contribution is -0.164. The Morgan fingerprint density at radius 3 is 2.35 bits per heavy atom. The Morgan fingerprint density at radius 2 is 2.00 bits per heavy atom. The van der Waals surface area contributed by atoms with Crippen molar-refractivity contribution in [1.29, 1.82) is 0 Å². The second kappa shape index (κ2) is 4.85. The number of hydrogen-bond donors (Lipinski definition) is 1. The van der Waals surface area contributed by atoms with Gasteiger partial charge >= 0.3 is 5.97 Å². The number of carbonyl (C=O) groups excluding carboxylic acids is 3. The number of nitrogens with one attached hydrogen (secondary N) is 1. The molecule has 0 aliphatic carbocycles. The molecule has 1 rings (SSSR count). The van der Waals surface area contributed by atoms with Crippen LogP contribution in [0.2, 0.25) is 0 Å². The first-order valence-corrected chi connectivity index (χ1v) is 5.79. The van der Waals surface area contributed by atoms with Gasteiger partial charge in [0, 0.05) is 12.8 Å². The van der Waals surface area contributed by atoms with Crippen molar-refractivity contribution in [3.63, 3.8) is 0 Å². The van der Waals surface area contributed by atoms with Gasteiger partial charge in [-0.2, -0.15) is 0 Å². The predicted octanol–water partition coefficient (Wildman–Crippen LogP) is 0.812. The Bertz CT molecular complexity index is 335. The molecule has 0 aromatic rings. The highest BCUT2D eigenvalue weighted by molar-refractivity contribution is 6.02. The second-order valence-electron chi connectivity index (χ2n) is 5.21. The summed E-state index contributed by atoms with van der Waals surface area (Å²) in [6.07, 6.45) is 0.478. The molecule has 0 bridgehead atoms. The van der Waals surface area contributed by atoms with Crippen molar-refractivity contribution in [1.82, 2.24) is 5.32 Å². The summed E-state index contributed by atoms with van der Waals surface area (Å²) in [5.74, 6) is -1.73. The van der Waals surface area contributed by atoms with Crippen LogP contribution in [0.25, 0.3) is 0 Å². The number of hydrogen-bond acceptors (Lipinski definition) is 4. The van der Waals surface area contributed by atoms with E-state index in [1.807, 2.05) is 0 Å². The summed E-state index contributed by atoms with van der Waals surface area (Å²) in [6.45, 7) is 6.94. The zero-order valence-corrected chi connectivity index (χ0v) is 10.7. The van der Waals surface area contributed by atoms with Gasteiger partial charge in [-0.3, -0.25) is 14.4 Å². The van der Waals surface area contributed by atoms with Crippen LogP contribution in [0, 0.1) is 5.92 Å². The Balaban J connectivity index is 2.73. The molecule has 5 nitrogen and oxygen atoms in total. The molecule has 2 atom stereocenters. The van der Waals surface area contributed by atoms with E-state index in [9.17, 15) is 14.4 Å². The molecule has 1 aliphatic rings. The van der Waals surface area contributed by atoms with E-state index in [2.05, 4.69) is 5.32 Å². The summed E-state index contributed by atoms with van der Waals surface area (Å²) in [4.78, 5) is 34.5. The zero-order valence-electron chi connectivity index (χ0n) is 10.7. The quantitative estimate of drug-likeness (QED) is 0.449. The molecule has 1 saturated heterocycles. The van der Waals surface area contributed by atoms with Crippen LogP contribution in [0.4, 0.5) is 0 Å². The van der Waals surface area contributed by atoms with Gasteiger partial charge in [0.15, 0.2) is 0 Å². The topological polar surface area (TPSA) is 72.5 Å². The Hall–Kier alpha value is -1.39. The third kappa shape index (κ3) is 3.54. The van der Waals surface area contributed by atoms with Crippen molar-refractivity contribution < 1.29 is 19.1 Å². The first kappa shape index (κ1) is 13.7. The monoisotopic (exact) mass is 241 g/mol. The highest BCUT2D eigenvalue weighted by atomic mass is 16.6. The minimum Gasteiger partial charge on any atom is -0.459 e. The summed E-state index contributed by atoms with van der Waals surface area (Å²) in [5, 5.41) is 2.56. The molecule has 0 saturated carbocycles. The molecule has 0 spiro atoms. The predicted molar refractivity (Wildman–Crippen MR) is 61.2 cm³/mol. The van der Waals surface area contributed by atoms with E-state index >= 15 is 0 Å². The van der Waals surface area contributed by atoms with Crippen molar-refractivity contribution >= 4 is 17.7 Å². The van der Waals surface area contributed by atoms with Crippen LogP contribution in [-0.2, 0) is 19.1 Å². The Morgan fingerprint density at radius 1 is 1.47 bits per heavy atom. The molecule has 1 N–H and O–H groups in total. The number of ketones is 1. The molecule has 96 valence electrons. The maximum atomic E-state index is 11.9. The van der Waals surface area contributed by atoms with Crippen LogP contribution in [0.3, 0.4) is 0 Å². The Labute approximate surface area is 101 Å². The van der Waals surface area contributed by atoms with Crippen molar-refractivity contribution in [2.24, 2.45) is 5.92 Å². The van der Waals surface area contributed by atoms with Crippen LogP contribution in [0.1, 0.15) is 40.5 Å². The molecule has 0 aromatic carbocycles. The van der Waals surface area contributed by atoms with Gasteiger partial charge in [0.1, 0.15) is 17.3 Å². The molecular formula is C12H19NO4. The molecule has 0 aromatic heterocycles. The van der Waals surface area contributed by atoms with E-state index in [0.717, 1.165) is 0 Å². The van der Waals surface area contributed by atoms with Crippen LogP contribution >= 0.6 is 0 Å². The molecule has 1 heterocycles. The number of Topliss-reactive ketones (excluding diaryl/α,β-unsaturated/α-hetero) is 1. The fourth-order valence-electron chi connectivity index (χ4n) is 1.69. The SMILES string of the molecule is CCC(=O)C(C(=O)OC(C)(C)C)[C@H]1CC(=O)N1. The normalized spacial score (nSPS) is 21.2. The van der Waals surface area contributed by atoms with E-state index in [-0.39, 0.29) is 24.5 Å². The number of ether oxygens (including phenoxy) is 1. The van der Waals surface area contributed by atoms with E-state index in [4.69, 9.17) is 4.74 Å². The third-order valence-corrected chi connectivity index (χ3v) is 2.51. The van der Waals surface area contributed by atoms with Gasteiger partial charge in [-0.25, -0.2) is 0 Å². The number of carbonyl (C=O) groups is 3. The van der Waals surface area contributed by atoms with Crippen LogP contribution in [0.5, 0.6) is 0 Å². The van der Waals surface area contributed by atoms with Crippen LogP contribution in [-0.4, -0.2) is 29.3 Å². The minimum atomic E-state index is -0.864. The van der Waals surface area contributed by atoms with Gasteiger partial charge in [0.05, 0.1) is 6.04 Å². The van der Waals surface area contributed by atoms with Gasteiger partial charge in [0.2, 0.25) is 5.91 Å². The maximum Gasteiger partial charge on any atom is 0.319 e. The van der Waals surface area contributed by atoms with Crippen molar-refractivity contribution in [3.8, 4) is 0 Å². The molecule has 17 heavy (non-hydrogen) atoms. The van der Waals surface area contributed by atoms with Crippen LogP contribution in [0.15, 0.2) is 0 Å². The highest BCUT2D eigenvalue weighted by Crippen LogP contribution is 2.21. The van der Waals surface area contributed by atoms with Gasteiger partial charge < -0.3 is 10.1 Å².